The molecule has 46 heavy (non-hydrogen) atoms. The van der Waals surface area contributed by atoms with Crippen LogP contribution in [-0.4, -0.2) is 39.9 Å². The molecule has 1 N–H and O–H groups in total. The summed E-state index contributed by atoms with van der Waals surface area (Å²) in [5, 5.41) is 7.85. The molecule has 17 heteroatoms. The molecule has 0 amide bonds. The van der Waals surface area contributed by atoms with E-state index in [0.717, 1.165) is 4.90 Å². The predicted octanol–water partition coefficient (Wildman–Crippen LogP) is 8.64. The predicted molar refractivity (Wildman–Crippen MR) is 154 cm³/mol. The minimum absolute atomic E-state index is 0.0393. The first-order chi connectivity index (χ1) is 21.7. The number of hydrogen-bond acceptors (Lipinski definition) is 7. The molecule has 6 rings (SSSR count). The number of fused-ring (bicyclic) bond motifs is 1. The highest BCUT2D eigenvalue weighted by molar-refractivity contribution is 8.29. The first kappa shape index (κ1) is 32.0. The molecule has 0 unspecified atom stereocenters. The van der Waals surface area contributed by atoms with Crippen molar-refractivity contribution in [3.05, 3.63) is 96.8 Å². The van der Waals surface area contributed by atoms with Crippen LogP contribution in [0.2, 0.25) is 0 Å². The molecule has 0 saturated carbocycles. The molecule has 0 spiro atoms. The minimum Gasteiger partial charge on any atom is -0.395 e. The highest BCUT2D eigenvalue weighted by Gasteiger charge is 2.45. The van der Waals surface area contributed by atoms with Crippen LogP contribution in [0.15, 0.2) is 106 Å². The number of H-pyrrole nitrogens is 1. The number of hydrogen-bond donors (Lipinski definition) is 1. The zero-order chi connectivity index (χ0) is 33.1. The number of rotatable bonds is 3. The highest BCUT2D eigenvalue weighted by atomic mass is 32.2. The van der Waals surface area contributed by atoms with Gasteiger partial charge in [0.15, 0.2) is 27.5 Å². The monoisotopic (exact) mass is 664 g/mol. The molecular weight excluding hydrogens is 648 g/mol. The second-order valence-corrected chi connectivity index (χ2v) is 9.94. The molecule has 3 aromatic carbocycles. The molecule has 1 fully saturated rings. The van der Waals surface area contributed by atoms with Crippen molar-refractivity contribution in [2.75, 3.05) is 4.90 Å². The molecule has 4 aromatic rings. The number of aliphatic imine (C=N–C) groups is 3. The smallest absolute Gasteiger partial charge is 0.395 e. The number of halogens is 8. The maximum Gasteiger partial charge on any atom is 0.586 e. The molecule has 8 nitrogen and oxygen atoms in total. The number of para-hydroxylation sites is 3. The van der Waals surface area contributed by atoms with Crippen molar-refractivity contribution < 1.29 is 44.6 Å². The van der Waals surface area contributed by atoms with E-state index in [9.17, 15) is 35.1 Å². The summed E-state index contributed by atoms with van der Waals surface area (Å²) < 4.78 is 112. The Morgan fingerprint density at radius 1 is 0.783 bits per heavy atom. The van der Waals surface area contributed by atoms with Gasteiger partial charge in [-0.3, -0.25) is 4.90 Å². The number of ether oxygens (including phenoxy) is 2. The summed E-state index contributed by atoms with van der Waals surface area (Å²) in [7, 11) is 0. The number of benzene rings is 3. The largest absolute Gasteiger partial charge is 0.586 e. The standard InChI is InChI=1S/C17H10F6N4S.C12H6F2N2O2/c18-16(19,20)25-13-14(26-17(21,22)23)28-15(24-11-7-3-1-4-8-11)27(13)12-9-5-2-6-10-12;13-12(14)17-10-3-1-2-8(11(10)18-12)9-6-16-5-7(9)4-15/h1-10H;1-3,5-6,16H. The molecular formula is C29H16F8N6O2S. The molecule has 2 aliphatic rings. The molecule has 0 radical (unpaired) electrons. The van der Waals surface area contributed by atoms with E-state index >= 15 is 0 Å². The van der Waals surface area contributed by atoms with Crippen molar-refractivity contribution in [2.24, 2.45) is 15.0 Å². The van der Waals surface area contributed by atoms with Crippen LogP contribution in [0.1, 0.15) is 5.56 Å². The molecule has 0 atom stereocenters. The summed E-state index contributed by atoms with van der Waals surface area (Å²) in [5.74, 6) is -1.09. The Balaban J connectivity index is 0.000000198. The molecule has 2 aliphatic heterocycles. The van der Waals surface area contributed by atoms with Crippen molar-refractivity contribution in [3.8, 4) is 28.7 Å². The lowest BCUT2D eigenvalue weighted by atomic mass is 10.0. The van der Waals surface area contributed by atoms with E-state index in [1.807, 2.05) is 6.07 Å². The zero-order valence-corrected chi connectivity index (χ0v) is 23.5. The van der Waals surface area contributed by atoms with Gasteiger partial charge in [0, 0.05) is 29.2 Å². The van der Waals surface area contributed by atoms with Gasteiger partial charge in [0.1, 0.15) is 6.07 Å². The Kier molecular flexibility index (Phi) is 8.74. The fraction of sp³-hybridized carbons (Fsp3) is 0.103. The van der Waals surface area contributed by atoms with Crippen LogP contribution in [0, 0.1) is 11.3 Å². The fourth-order valence-corrected chi connectivity index (χ4v) is 5.11. The van der Waals surface area contributed by atoms with Crippen LogP contribution >= 0.6 is 11.8 Å². The van der Waals surface area contributed by atoms with Crippen molar-refractivity contribution in [1.82, 2.24) is 4.98 Å². The molecule has 1 saturated heterocycles. The van der Waals surface area contributed by atoms with Crippen LogP contribution < -0.4 is 14.4 Å². The van der Waals surface area contributed by atoms with E-state index in [-0.39, 0.29) is 22.4 Å². The van der Waals surface area contributed by atoms with Crippen molar-refractivity contribution >= 4 is 39.2 Å². The van der Waals surface area contributed by atoms with Gasteiger partial charge >= 0.3 is 18.9 Å². The van der Waals surface area contributed by atoms with E-state index < -0.39 is 29.8 Å². The summed E-state index contributed by atoms with van der Waals surface area (Å²) in [6.45, 7) is 0. The van der Waals surface area contributed by atoms with Gasteiger partial charge in [-0.25, -0.2) is 4.99 Å². The summed E-state index contributed by atoms with van der Waals surface area (Å²) in [6.07, 6.45) is -10.8. The number of nitriles is 1. The van der Waals surface area contributed by atoms with E-state index in [0.29, 0.717) is 34.1 Å². The van der Waals surface area contributed by atoms with Gasteiger partial charge in [0.05, 0.1) is 11.3 Å². The zero-order valence-electron chi connectivity index (χ0n) is 22.6. The molecule has 1 aromatic heterocycles. The van der Waals surface area contributed by atoms with Crippen LogP contribution in [0.3, 0.4) is 0 Å². The summed E-state index contributed by atoms with van der Waals surface area (Å²) >= 11 is 0.359. The fourth-order valence-electron chi connectivity index (χ4n) is 4.13. The molecule has 0 aliphatic carbocycles. The van der Waals surface area contributed by atoms with Crippen molar-refractivity contribution in [3.63, 3.8) is 0 Å². The van der Waals surface area contributed by atoms with Gasteiger partial charge in [0.2, 0.25) is 0 Å². The second kappa shape index (κ2) is 12.6. The average Bonchev–Trinajstić information content (AvgIpc) is 3.67. The third kappa shape index (κ3) is 7.64. The summed E-state index contributed by atoms with van der Waals surface area (Å²) in [4.78, 5) is 12.8. The number of nitrogens with one attached hydrogen (secondary N) is 1. The lowest BCUT2D eigenvalue weighted by molar-refractivity contribution is -0.286. The SMILES string of the molecule is FC(F)(F)N=C1SC(=Nc2ccccc2)N(c2ccccc2)C1=NC(F)(F)F.N#Cc1c[nH]cc1-c1cccc2c1OC(F)(F)O2. The Bertz CT molecular complexity index is 1850. The number of aromatic amines is 1. The number of aromatic nitrogens is 1. The first-order valence-corrected chi connectivity index (χ1v) is 13.5. The van der Waals surface area contributed by atoms with Crippen LogP contribution in [0.4, 0.5) is 46.5 Å². The number of amidine groups is 2. The number of thioether (sulfide) groups is 1. The number of nitrogens with zero attached hydrogens (tertiary/aromatic N) is 5. The van der Waals surface area contributed by atoms with E-state index in [2.05, 4.69) is 29.4 Å². The second-order valence-electron chi connectivity index (χ2n) is 8.99. The third-order valence-corrected chi connectivity index (χ3v) is 6.75. The molecule has 3 heterocycles. The maximum atomic E-state index is 13.0. The lowest BCUT2D eigenvalue weighted by Crippen LogP contribution is -2.33. The third-order valence-electron chi connectivity index (χ3n) is 5.82. The summed E-state index contributed by atoms with van der Waals surface area (Å²) in [6, 6.07) is 22.2. The van der Waals surface area contributed by atoms with Gasteiger partial charge in [0.25, 0.3) is 0 Å². The Hall–Kier alpha value is -5.37. The van der Waals surface area contributed by atoms with Gasteiger partial charge in [-0.15, -0.1) is 35.1 Å². The average molecular weight is 665 g/mol. The van der Waals surface area contributed by atoms with E-state index in [1.54, 1.807) is 54.7 Å². The van der Waals surface area contributed by atoms with Gasteiger partial charge in [-0.05, 0) is 42.1 Å². The van der Waals surface area contributed by atoms with E-state index in [1.165, 1.54) is 36.5 Å². The Labute approximate surface area is 258 Å². The van der Waals surface area contributed by atoms with Crippen LogP contribution in [-0.2, 0) is 0 Å². The quantitative estimate of drug-likeness (QED) is 0.175. The summed E-state index contributed by atoms with van der Waals surface area (Å²) in [5.41, 5.74) is 1.76. The van der Waals surface area contributed by atoms with Crippen molar-refractivity contribution in [2.45, 2.75) is 18.9 Å². The van der Waals surface area contributed by atoms with Crippen molar-refractivity contribution in [1.29, 1.82) is 5.26 Å². The van der Waals surface area contributed by atoms with Gasteiger partial charge in [-0.2, -0.15) is 15.2 Å². The minimum atomic E-state index is -5.10. The maximum absolute atomic E-state index is 13.0. The van der Waals surface area contributed by atoms with Gasteiger partial charge < -0.3 is 14.5 Å². The van der Waals surface area contributed by atoms with Gasteiger partial charge in [-0.1, -0.05) is 48.5 Å². The highest BCUT2D eigenvalue weighted by Crippen LogP contribution is 2.47. The normalized spacial score (nSPS) is 18.1. The molecule has 236 valence electrons. The Morgan fingerprint density at radius 3 is 2.07 bits per heavy atom. The topological polar surface area (TPSA) is 98.4 Å². The van der Waals surface area contributed by atoms with Crippen LogP contribution in [0.25, 0.3) is 11.1 Å². The molecule has 0 bridgehead atoms. The number of alkyl halides is 8. The van der Waals surface area contributed by atoms with Crippen LogP contribution in [0.5, 0.6) is 11.5 Å². The lowest BCUT2D eigenvalue weighted by Gasteiger charge is -2.19. The Morgan fingerprint density at radius 2 is 1.43 bits per heavy atom. The first-order valence-electron chi connectivity index (χ1n) is 12.7. The van der Waals surface area contributed by atoms with E-state index in [4.69, 9.17) is 5.26 Å². The number of anilines is 1.